The van der Waals surface area contributed by atoms with Crippen LogP contribution in [0.2, 0.25) is 0 Å². The summed E-state index contributed by atoms with van der Waals surface area (Å²) < 4.78 is 11.2. The van der Waals surface area contributed by atoms with Crippen LogP contribution in [0.5, 0.6) is 11.5 Å². The molecule has 0 aromatic heterocycles. The van der Waals surface area contributed by atoms with Crippen LogP contribution in [0, 0.1) is 0 Å². The van der Waals surface area contributed by atoms with Crippen molar-refractivity contribution in [2.45, 2.75) is 13.5 Å². The predicted molar refractivity (Wildman–Crippen MR) is 74.5 cm³/mol. The Labute approximate surface area is 124 Å². The van der Waals surface area contributed by atoms with Gasteiger partial charge in [-0.05, 0) is 40.5 Å². The summed E-state index contributed by atoms with van der Waals surface area (Å²) >= 11 is 3.27. The third-order valence-electron chi connectivity index (χ3n) is 2.16. The molecule has 1 aromatic rings. The van der Waals surface area contributed by atoms with E-state index in [0.29, 0.717) is 28.1 Å². The number of aliphatic hydroxyl groups excluding tert-OH is 1. The molecule has 0 heterocycles. The maximum Gasteiger partial charge on any atom is 0.318 e. The first-order valence-electron chi connectivity index (χ1n) is 5.76. The molecule has 110 valence electrons. The number of nitrogens with one attached hydrogen (secondary N) is 1. The molecule has 0 atom stereocenters. The SMILES string of the molecule is CCOc1cc(CO)cc(Br)c1OCC(=O)NC(N)=O. The van der Waals surface area contributed by atoms with Gasteiger partial charge in [0.15, 0.2) is 18.1 Å². The van der Waals surface area contributed by atoms with Crippen LogP contribution in [0.4, 0.5) is 4.79 Å². The van der Waals surface area contributed by atoms with Gasteiger partial charge in [0.05, 0.1) is 17.7 Å². The van der Waals surface area contributed by atoms with E-state index >= 15 is 0 Å². The van der Waals surface area contributed by atoms with Crippen molar-refractivity contribution in [2.24, 2.45) is 5.73 Å². The highest BCUT2D eigenvalue weighted by Gasteiger charge is 2.14. The van der Waals surface area contributed by atoms with Crippen molar-refractivity contribution in [1.82, 2.24) is 5.32 Å². The quantitative estimate of drug-likeness (QED) is 0.709. The normalized spacial score (nSPS) is 9.95. The van der Waals surface area contributed by atoms with E-state index in [-0.39, 0.29) is 13.2 Å². The summed E-state index contributed by atoms with van der Waals surface area (Å²) in [5.41, 5.74) is 5.45. The van der Waals surface area contributed by atoms with Gasteiger partial charge in [0, 0.05) is 0 Å². The van der Waals surface area contributed by atoms with Gasteiger partial charge in [-0.3, -0.25) is 10.1 Å². The first-order chi connectivity index (χ1) is 9.47. The Morgan fingerprint density at radius 2 is 2.10 bits per heavy atom. The minimum absolute atomic E-state index is 0.152. The van der Waals surface area contributed by atoms with Crippen LogP contribution in [0.25, 0.3) is 0 Å². The van der Waals surface area contributed by atoms with Crippen LogP contribution >= 0.6 is 15.9 Å². The van der Waals surface area contributed by atoms with E-state index in [0.717, 1.165) is 0 Å². The summed E-state index contributed by atoms with van der Waals surface area (Å²) in [6.45, 7) is 1.65. The topological polar surface area (TPSA) is 111 Å². The molecule has 8 heteroatoms. The van der Waals surface area contributed by atoms with Crippen LogP contribution in [-0.2, 0) is 11.4 Å². The number of benzene rings is 1. The number of carbonyl (C=O) groups is 2. The van der Waals surface area contributed by atoms with Crippen molar-refractivity contribution in [3.8, 4) is 11.5 Å². The van der Waals surface area contributed by atoms with Crippen LogP contribution < -0.4 is 20.5 Å². The van der Waals surface area contributed by atoms with Crippen molar-refractivity contribution < 1.29 is 24.2 Å². The number of hydrogen-bond donors (Lipinski definition) is 3. The maximum absolute atomic E-state index is 11.3. The summed E-state index contributed by atoms with van der Waals surface area (Å²) in [5, 5.41) is 11.0. The lowest BCUT2D eigenvalue weighted by Crippen LogP contribution is -2.38. The van der Waals surface area contributed by atoms with Gasteiger partial charge in [-0.2, -0.15) is 0 Å². The summed E-state index contributed by atoms with van der Waals surface area (Å²) in [5.74, 6) is 0.0274. The highest BCUT2D eigenvalue weighted by molar-refractivity contribution is 9.10. The number of hydrogen-bond acceptors (Lipinski definition) is 5. The summed E-state index contributed by atoms with van der Waals surface area (Å²) in [7, 11) is 0. The van der Waals surface area contributed by atoms with E-state index in [4.69, 9.17) is 20.3 Å². The van der Waals surface area contributed by atoms with E-state index in [9.17, 15) is 9.59 Å². The van der Waals surface area contributed by atoms with Crippen LogP contribution in [-0.4, -0.2) is 30.3 Å². The van der Waals surface area contributed by atoms with Gasteiger partial charge in [0.2, 0.25) is 0 Å². The molecule has 0 radical (unpaired) electrons. The smallest absolute Gasteiger partial charge is 0.318 e. The zero-order chi connectivity index (χ0) is 15.1. The molecule has 1 aromatic carbocycles. The second kappa shape index (κ2) is 7.71. The van der Waals surface area contributed by atoms with Gasteiger partial charge < -0.3 is 20.3 Å². The lowest BCUT2D eigenvalue weighted by molar-refractivity contribution is -0.121. The Bertz CT molecular complexity index is 507. The standard InChI is InChI=1S/C12H15BrN2O5/c1-2-19-9-4-7(5-16)3-8(13)11(9)20-6-10(17)15-12(14)18/h3-4,16H,2,5-6H2,1H3,(H3,14,15,17,18). The summed E-state index contributed by atoms with van der Waals surface area (Å²) in [6, 6.07) is 2.30. The number of primary amides is 1. The molecule has 20 heavy (non-hydrogen) atoms. The Morgan fingerprint density at radius 3 is 2.65 bits per heavy atom. The molecule has 0 spiro atoms. The molecule has 7 nitrogen and oxygen atoms in total. The van der Waals surface area contributed by atoms with Crippen molar-refractivity contribution in [3.63, 3.8) is 0 Å². The van der Waals surface area contributed by atoms with Gasteiger partial charge in [-0.1, -0.05) is 0 Å². The third-order valence-corrected chi connectivity index (χ3v) is 2.75. The minimum atomic E-state index is -0.946. The molecule has 0 saturated carbocycles. The minimum Gasteiger partial charge on any atom is -0.490 e. The highest BCUT2D eigenvalue weighted by atomic mass is 79.9. The number of amides is 3. The molecule has 0 aliphatic heterocycles. The molecule has 0 aliphatic carbocycles. The predicted octanol–water partition coefficient (Wildman–Crippen LogP) is 0.914. The molecule has 4 N–H and O–H groups in total. The molecular formula is C12H15BrN2O5. The monoisotopic (exact) mass is 346 g/mol. The number of carbonyl (C=O) groups excluding carboxylic acids is 2. The van der Waals surface area contributed by atoms with E-state index in [1.807, 2.05) is 5.32 Å². The number of rotatable bonds is 6. The lowest BCUT2D eigenvalue weighted by atomic mass is 10.2. The Morgan fingerprint density at radius 1 is 1.40 bits per heavy atom. The van der Waals surface area contributed by atoms with Crippen LogP contribution in [0.15, 0.2) is 16.6 Å². The van der Waals surface area contributed by atoms with Gasteiger partial charge in [0.25, 0.3) is 5.91 Å². The fraction of sp³-hybridized carbons (Fsp3) is 0.333. The molecule has 1 rings (SSSR count). The Hall–Kier alpha value is -1.80. The molecule has 0 bridgehead atoms. The fourth-order valence-electron chi connectivity index (χ4n) is 1.43. The molecule has 0 unspecified atom stereocenters. The van der Waals surface area contributed by atoms with Crippen LogP contribution in [0.1, 0.15) is 12.5 Å². The van der Waals surface area contributed by atoms with Crippen molar-refractivity contribution in [3.05, 3.63) is 22.2 Å². The van der Waals surface area contributed by atoms with E-state index < -0.39 is 11.9 Å². The van der Waals surface area contributed by atoms with Gasteiger partial charge in [0.1, 0.15) is 0 Å². The molecule has 0 fully saturated rings. The number of urea groups is 1. The summed E-state index contributed by atoms with van der Waals surface area (Å²) in [4.78, 5) is 21.8. The van der Waals surface area contributed by atoms with E-state index in [1.165, 1.54) is 0 Å². The molecule has 0 aliphatic rings. The third kappa shape index (κ3) is 4.71. The highest BCUT2D eigenvalue weighted by Crippen LogP contribution is 2.36. The first-order valence-corrected chi connectivity index (χ1v) is 6.55. The number of nitrogens with two attached hydrogens (primary N) is 1. The number of imide groups is 1. The number of aliphatic hydroxyl groups is 1. The van der Waals surface area contributed by atoms with Gasteiger partial charge in [-0.25, -0.2) is 4.79 Å². The summed E-state index contributed by atoms with van der Waals surface area (Å²) in [6.07, 6.45) is 0. The second-order valence-electron chi connectivity index (χ2n) is 3.70. The number of ether oxygens (including phenoxy) is 2. The van der Waals surface area contributed by atoms with Crippen LogP contribution in [0.3, 0.4) is 0 Å². The van der Waals surface area contributed by atoms with Crippen molar-refractivity contribution >= 4 is 27.9 Å². The second-order valence-corrected chi connectivity index (χ2v) is 4.55. The average Bonchev–Trinajstić information content (AvgIpc) is 2.36. The number of halogens is 1. The fourth-order valence-corrected chi connectivity index (χ4v) is 2.03. The molecule has 3 amide bonds. The molecule has 0 saturated heterocycles. The van der Waals surface area contributed by atoms with E-state index in [1.54, 1.807) is 19.1 Å². The zero-order valence-corrected chi connectivity index (χ0v) is 12.4. The maximum atomic E-state index is 11.3. The zero-order valence-electron chi connectivity index (χ0n) is 10.8. The van der Waals surface area contributed by atoms with Crippen molar-refractivity contribution in [1.29, 1.82) is 0 Å². The molecular weight excluding hydrogens is 332 g/mol. The largest absolute Gasteiger partial charge is 0.490 e. The van der Waals surface area contributed by atoms with Crippen molar-refractivity contribution in [2.75, 3.05) is 13.2 Å². The van der Waals surface area contributed by atoms with E-state index in [2.05, 4.69) is 15.9 Å². The first kappa shape index (κ1) is 16.3. The van der Waals surface area contributed by atoms with Gasteiger partial charge >= 0.3 is 6.03 Å². The lowest BCUT2D eigenvalue weighted by Gasteiger charge is -2.14. The Balaban J connectivity index is 2.87. The Kier molecular flexibility index (Phi) is 6.26. The van der Waals surface area contributed by atoms with Gasteiger partial charge in [-0.15, -0.1) is 0 Å². The average molecular weight is 347 g/mol.